The number of benzene rings is 1. The number of rotatable bonds is 9. The molecule has 0 aliphatic carbocycles. The third-order valence-corrected chi connectivity index (χ3v) is 4.85. The molecule has 1 aromatic carbocycles. The summed E-state index contributed by atoms with van der Waals surface area (Å²) in [6.45, 7) is 3.72. The highest BCUT2D eigenvalue weighted by Crippen LogP contribution is 2.29. The van der Waals surface area contributed by atoms with E-state index in [4.69, 9.17) is 0 Å². The van der Waals surface area contributed by atoms with Gasteiger partial charge in [0.25, 0.3) is 0 Å². The van der Waals surface area contributed by atoms with Crippen LogP contribution in [0.25, 0.3) is 6.08 Å². The van der Waals surface area contributed by atoms with Gasteiger partial charge in [-0.1, -0.05) is 31.9 Å². The summed E-state index contributed by atoms with van der Waals surface area (Å²) in [6.07, 6.45) is 1.11. The first-order chi connectivity index (χ1) is 14.7. The van der Waals surface area contributed by atoms with Crippen molar-refractivity contribution >= 4 is 17.7 Å². The molecule has 2 N–H and O–H groups in total. The fourth-order valence-electron chi connectivity index (χ4n) is 3.08. The Kier molecular flexibility index (Phi) is 8.59. The second kappa shape index (κ2) is 10.9. The predicted octanol–water partition coefficient (Wildman–Crippen LogP) is 5.90. The quantitative estimate of drug-likeness (QED) is 0.292. The second-order valence-electron chi connectivity index (χ2n) is 7.24. The van der Waals surface area contributed by atoms with Crippen LogP contribution in [0, 0.1) is 5.82 Å². The van der Waals surface area contributed by atoms with Crippen molar-refractivity contribution in [3.63, 3.8) is 0 Å². The van der Waals surface area contributed by atoms with Crippen LogP contribution in [0.15, 0.2) is 36.4 Å². The summed E-state index contributed by atoms with van der Waals surface area (Å²) in [5.74, 6) is -0.866. The largest absolute Gasteiger partial charge is 0.433 e. The number of carbonyl (C=O) groups excluding carboxylic acids is 1. The molecule has 1 unspecified atom stereocenters. The molecule has 1 aromatic heterocycles. The van der Waals surface area contributed by atoms with E-state index < -0.39 is 29.6 Å². The Balaban J connectivity index is 2.13. The van der Waals surface area contributed by atoms with Crippen LogP contribution >= 0.6 is 0 Å². The van der Waals surface area contributed by atoms with E-state index in [0.717, 1.165) is 18.9 Å². The third-order valence-electron chi connectivity index (χ3n) is 4.85. The SMILES string of the molecule is CCCCCc1nc(C(F)(F)F)ccc1/C=C/C(=O)NC(C)c1ccc(NC)c(F)c1. The zero-order chi connectivity index (χ0) is 23.0. The molecule has 1 atom stereocenters. The fourth-order valence-corrected chi connectivity index (χ4v) is 3.08. The Morgan fingerprint density at radius 3 is 2.55 bits per heavy atom. The van der Waals surface area contributed by atoms with E-state index in [1.165, 1.54) is 24.3 Å². The predicted molar refractivity (Wildman–Crippen MR) is 114 cm³/mol. The van der Waals surface area contributed by atoms with E-state index >= 15 is 0 Å². The zero-order valence-electron chi connectivity index (χ0n) is 17.8. The third kappa shape index (κ3) is 7.08. The number of unbranched alkanes of at least 4 members (excludes halogenated alkanes) is 2. The van der Waals surface area contributed by atoms with Crippen molar-refractivity contribution in [3.8, 4) is 0 Å². The summed E-state index contributed by atoms with van der Waals surface area (Å²) in [4.78, 5) is 16.1. The number of halogens is 4. The molecule has 0 aliphatic heterocycles. The van der Waals surface area contributed by atoms with Crippen LogP contribution in [0.3, 0.4) is 0 Å². The maximum Gasteiger partial charge on any atom is 0.433 e. The van der Waals surface area contributed by atoms with Crippen molar-refractivity contribution in [3.05, 3.63) is 64.7 Å². The lowest BCUT2D eigenvalue weighted by Crippen LogP contribution is -2.24. The van der Waals surface area contributed by atoms with Gasteiger partial charge in [0.15, 0.2) is 0 Å². The molecule has 0 spiro atoms. The summed E-state index contributed by atoms with van der Waals surface area (Å²) in [6, 6.07) is 6.42. The van der Waals surface area contributed by atoms with Crippen LogP contribution in [-0.4, -0.2) is 17.9 Å². The Morgan fingerprint density at radius 2 is 1.94 bits per heavy atom. The fraction of sp³-hybridized carbons (Fsp3) is 0.391. The van der Waals surface area contributed by atoms with Crippen LogP contribution in [0.1, 0.15) is 61.7 Å². The smallest absolute Gasteiger partial charge is 0.386 e. The van der Waals surface area contributed by atoms with Gasteiger partial charge in [-0.05, 0) is 55.2 Å². The highest BCUT2D eigenvalue weighted by Gasteiger charge is 2.32. The van der Waals surface area contributed by atoms with Crippen molar-refractivity contribution in [2.75, 3.05) is 12.4 Å². The lowest BCUT2D eigenvalue weighted by molar-refractivity contribution is -0.141. The molecule has 0 saturated carbocycles. The minimum atomic E-state index is -4.52. The Hall–Kier alpha value is -2.90. The standard InChI is InChI=1S/C23H27F4N3O/c1-4-5-6-7-19-16(9-12-21(30-19)23(25,26)27)10-13-22(31)29-15(2)17-8-11-20(28-3)18(24)14-17/h8-15,28H,4-7H2,1-3H3,(H,29,31)/b13-10+. The van der Waals surface area contributed by atoms with E-state index in [1.54, 1.807) is 26.1 Å². The molecule has 1 heterocycles. The van der Waals surface area contributed by atoms with Crippen molar-refractivity contribution < 1.29 is 22.4 Å². The number of alkyl halides is 3. The van der Waals surface area contributed by atoms with Gasteiger partial charge >= 0.3 is 6.18 Å². The lowest BCUT2D eigenvalue weighted by Gasteiger charge is -2.14. The van der Waals surface area contributed by atoms with Crippen molar-refractivity contribution in [2.45, 2.75) is 51.7 Å². The van der Waals surface area contributed by atoms with E-state index in [1.807, 2.05) is 6.92 Å². The molecular formula is C23H27F4N3O. The average Bonchev–Trinajstić information content (AvgIpc) is 2.72. The molecule has 31 heavy (non-hydrogen) atoms. The minimum absolute atomic E-state index is 0.310. The second-order valence-corrected chi connectivity index (χ2v) is 7.24. The molecule has 168 valence electrons. The van der Waals surface area contributed by atoms with Crippen molar-refractivity contribution in [1.29, 1.82) is 0 Å². The molecular weight excluding hydrogens is 410 g/mol. The van der Waals surface area contributed by atoms with E-state index in [2.05, 4.69) is 15.6 Å². The van der Waals surface area contributed by atoms with E-state index in [0.29, 0.717) is 35.3 Å². The first kappa shape index (κ1) is 24.4. The van der Waals surface area contributed by atoms with Gasteiger partial charge in [0.05, 0.1) is 11.7 Å². The number of pyridine rings is 1. The van der Waals surface area contributed by atoms with Crippen LogP contribution in [0.2, 0.25) is 0 Å². The molecule has 8 heteroatoms. The number of carbonyl (C=O) groups is 1. The summed E-state index contributed by atoms with van der Waals surface area (Å²) in [5.41, 5.74) is 0.782. The molecule has 0 fully saturated rings. The number of nitrogens with zero attached hydrogens (tertiary/aromatic N) is 1. The zero-order valence-corrected chi connectivity index (χ0v) is 17.8. The van der Waals surface area contributed by atoms with Crippen molar-refractivity contribution in [1.82, 2.24) is 10.3 Å². The van der Waals surface area contributed by atoms with Crippen LogP contribution in [0.5, 0.6) is 0 Å². The number of anilines is 1. The summed E-state index contributed by atoms with van der Waals surface area (Å²) in [5, 5.41) is 5.45. The van der Waals surface area contributed by atoms with Gasteiger partial charge in [-0.25, -0.2) is 9.37 Å². The molecule has 4 nitrogen and oxygen atoms in total. The van der Waals surface area contributed by atoms with Gasteiger partial charge in [0.2, 0.25) is 5.91 Å². The van der Waals surface area contributed by atoms with Gasteiger partial charge in [-0.2, -0.15) is 13.2 Å². The van der Waals surface area contributed by atoms with E-state index in [9.17, 15) is 22.4 Å². The summed E-state index contributed by atoms with van der Waals surface area (Å²) < 4.78 is 53.0. The van der Waals surface area contributed by atoms with Crippen LogP contribution in [-0.2, 0) is 17.4 Å². The number of aryl methyl sites for hydroxylation is 1. The van der Waals surface area contributed by atoms with Crippen LogP contribution in [0.4, 0.5) is 23.2 Å². The highest BCUT2D eigenvalue weighted by atomic mass is 19.4. The first-order valence-electron chi connectivity index (χ1n) is 10.2. The monoisotopic (exact) mass is 437 g/mol. The van der Waals surface area contributed by atoms with Crippen molar-refractivity contribution in [2.24, 2.45) is 0 Å². The first-order valence-corrected chi connectivity index (χ1v) is 10.2. The molecule has 1 amide bonds. The topological polar surface area (TPSA) is 54.0 Å². The van der Waals surface area contributed by atoms with Gasteiger partial charge in [0, 0.05) is 18.8 Å². The van der Waals surface area contributed by atoms with Gasteiger partial charge in [-0.15, -0.1) is 0 Å². The molecule has 0 radical (unpaired) electrons. The molecule has 2 rings (SSSR count). The van der Waals surface area contributed by atoms with Gasteiger partial charge < -0.3 is 10.6 Å². The summed E-state index contributed by atoms with van der Waals surface area (Å²) >= 11 is 0. The maximum absolute atomic E-state index is 13.9. The number of nitrogens with one attached hydrogen (secondary N) is 2. The number of amides is 1. The molecule has 0 bridgehead atoms. The number of hydrogen-bond donors (Lipinski definition) is 2. The lowest BCUT2D eigenvalue weighted by atomic mass is 10.1. The average molecular weight is 437 g/mol. The normalized spacial score (nSPS) is 12.7. The van der Waals surface area contributed by atoms with E-state index in [-0.39, 0.29) is 0 Å². The van der Waals surface area contributed by atoms with Crippen LogP contribution < -0.4 is 10.6 Å². The number of hydrogen-bond acceptors (Lipinski definition) is 3. The highest BCUT2D eigenvalue weighted by molar-refractivity contribution is 5.92. The van der Waals surface area contributed by atoms with Gasteiger partial charge in [-0.3, -0.25) is 4.79 Å². The summed E-state index contributed by atoms with van der Waals surface area (Å²) in [7, 11) is 1.61. The Morgan fingerprint density at radius 1 is 1.19 bits per heavy atom. The molecule has 0 saturated heterocycles. The number of aromatic nitrogens is 1. The maximum atomic E-state index is 13.9. The minimum Gasteiger partial charge on any atom is -0.386 e. The molecule has 0 aliphatic rings. The van der Waals surface area contributed by atoms with Gasteiger partial charge in [0.1, 0.15) is 11.5 Å². The Labute approximate surface area is 179 Å². The molecule has 2 aromatic rings. The Bertz CT molecular complexity index is 926.